The molecule has 0 atom stereocenters. The Morgan fingerprint density at radius 1 is 1.07 bits per heavy atom. The Bertz CT molecular complexity index is 1090. The van der Waals surface area contributed by atoms with Crippen molar-refractivity contribution in [2.24, 2.45) is 0 Å². The second-order valence-corrected chi connectivity index (χ2v) is 8.98. The maximum atomic E-state index is 12.4. The van der Waals surface area contributed by atoms with Gasteiger partial charge in [-0.05, 0) is 50.2 Å². The third kappa shape index (κ3) is 5.21. The van der Waals surface area contributed by atoms with Gasteiger partial charge in [-0.1, -0.05) is 29.3 Å². The number of amides is 1. The number of aryl methyl sites for hydroxylation is 2. The van der Waals surface area contributed by atoms with Crippen LogP contribution < -0.4 is 5.32 Å². The first-order valence-electron chi connectivity index (χ1n) is 8.51. The third-order valence-electron chi connectivity index (χ3n) is 4.03. The van der Waals surface area contributed by atoms with Gasteiger partial charge in [-0.15, -0.1) is 0 Å². The Morgan fingerprint density at radius 3 is 2.36 bits per heavy atom. The molecule has 8 heteroatoms. The Balaban J connectivity index is 1.69. The van der Waals surface area contributed by atoms with Crippen molar-refractivity contribution in [3.63, 3.8) is 0 Å². The monoisotopic (exact) mass is 418 g/mol. The minimum absolute atomic E-state index is 0.301. The summed E-state index contributed by atoms with van der Waals surface area (Å²) in [6, 6.07) is 14.0. The molecule has 0 aliphatic heterocycles. The van der Waals surface area contributed by atoms with Gasteiger partial charge in [0.2, 0.25) is 11.8 Å². The molecule has 6 nitrogen and oxygen atoms in total. The maximum Gasteiger partial charge on any atom is 0.239 e. The SMILES string of the molecule is Cc1ccc(-c2nc(CS(=O)(=O)CC(=O)Nc3ccc(Cl)cc3)c(C)o2)cc1. The van der Waals surface area contributed by atoms with Crippen LogP contribution in [0, 0.1) is 13.8 Å². The topological polar surface area (TPSA) is 89.3 Å². The zero-order chi connectivity index (χ0) is 20.3. The van der Waals surface area contributed by atoms with Crippen LogP contribution in [0.5, 0.6) is 0 Å². The second kappa shape index (κ2) is 8.16. The molecule has 146 valence electrons. The number of nitrogens with one attached hydrogen (secondary N) is 1. The van der Waals surface area contributed by atoms with Gasteiger partial charge in [-0.25, -0.2) is 13.4 Å². The van der Waals surface area contributed by atoms with Crippen LogP contribution in [0.25, 0.3) is 11.5 Å². The molecular weight excluding hydrogens is 400 g/mol. The quantitative estimate of drug-likeness (QED) is 0.649. The number of halogens is 1. The van der Waals surface area contributed by atoms with Crippen LogP contribution in [-0.2, 0) is 20.4 Å². The Morgan fingerprint density at radius 2 is 1.71 bits per heavy atom. The largest absolute Gasteiger partial charge is 0.441 e. The molecule has 3 rings (SSSR count). The van der Waals surface area contributed by atoms with Gasteiger partial charge in [0.25, 0.3) is 0 Å². The van der Waals surface area contributed by atoms with Crippen molar-refractivity contribution in [3.8, 4) is 11.5 Å². The van der Waals surface area contributed by atoms with E-state index in [1.165, 1.54) is 0 Å². The number of hydrogen-bond acceptors (Lipinski definition) is 5. The number of carbonyl (C=O) groups excluding carboxylic acids is 1. The number of sulfone groups is 1. The summed E-state index contributed by atoms with van der Waals surface area (Å²) in [6.45, 7) is 3.63. The molecule has 0 saturated carbocycles. The molecule has 0 saturated heterocycles. The van der Waals surface area contributed by atoms with Gasteiger partial charge in [0.15, 0.2) is 9.84 Å². The highest BCUT2D eigenvalue weighted by molar-refractivity contribution is 7.91. The molecule has 1 heterocycles. The lowest BCUT2D eigenvalue weighted by atomic mass is 10.1. The first kappa shape index (κ1) is 20.1. The van der Waals surface area contributed by atoms with Crippen molar-refractivity contribution in [1.29, 1.82) is 0 Å². The van der Waals surface area contributed by atoms with Crippen LogP contribution in [0.3, 0.4) is 0 Å². The fourth-order valence-corrected chi connectivity index (χ4v) is 3.96. The third-order valence-corrected chi connectivity index (χ3v) is 5.69. The second-order valence-electron chi connectivity index (χ2n) is 6.48. The minimum Gasteiger partial charge on any atom is -0.441 e. The number of carbonyl (C=O) groups is 1. The number of rotatable bonds is 6. The van der Waals surface area contributed by atoms with Gasteiger partial charge >= 0.3 is 0 Å². The molecule has 0 bridgehead atoms. The molecule has 0 unspecified atom stereocenters. The molecule has 3 aromatic rings. The van der Waals surface area contributed by atoms with Crippen molar-refractivity contribution in [1.82, 2.24) is 4.98 Å². The van der Waals surface area contributed by atoms with Gasteiger partial charge in [0.1, 0.15) is 11.5 Å². The number of hydrogen-bond donors (Lipinski definition) is 1. The van der Waals surface area contributed by atoms with E-state index in [0.29, 0.717) is 28.1 Å². The van der Waals surface area contributed by atoms with E-state index in [1.54, 1.807) is 31.2 Å². The van der Waals surface area contributed by atoms with Gasteiger partial charge in [-0.2, -0.15) is 0 Å². The lowest BCUT2D eigenvalue weighted by Crippen LogP contribution is -2.24. The van der Waals surface area contributed by atoms with E-state index in [4.69, 9.17) is 16.0 Å². The van der Waals surface area contributed by atoms with Crippen molar-refractivity contribution in [3.05, 3.63) is 70.6 Å². The summed E-state index contributed by atoms with van der Waals surface area (Å²) in [7, 11) is -3.72. The molecule has 1 amide bonds. The lowest BCUT2D eigenvalue weighted by Gasteiger charge is -2.06. The first-order valence-corrected chi connectivity index (χ1v) is 10.7. The zero-order valence-corrected chi connectivity index (χ0v) is 17.0. The Labute approximate surface area is 168 Å². The molecule has 0 aliphatic rings. The zero-order valence-electron chi connectivity index (χ0n) is 15.4. The molecule has 1 aromatic heterocycles. The standard InChI is InChI=1S/C20H19ClN2O4S/c1-13-3-5-15(6-4-13)20-23-18(14(2)27-20)11-28(25,26)12-19(24)22-17-9-7-16(21)8-10-17/h3-10H,11-12H2,1-2H3,(H,22,24). The summed E-state index contributed by atoms with van der Waals surface area (Å²) in [5.74, 6) is -0.878. The highest BCUT2D eigenvalue weighted by atomic mass is 35.5. The number of anilines is 1. The first-order chi connectivity index (χ1) is 13.2. The van der Waals surface area contributed by atoms with E-state index in [1.807, 2.05) is 31.2 Å². The Hall–Kier alpha value is -2.64. The summed E-state index contributed by atoms with van der Waals surface area (Å²) in [6.07, 6.45) is 0. The van der Waals surface area contributed by atoms with E-state index in [-0.39, 0.29) is 5.75 Å². The van der Waals surface area contributed by atoms with Crippen LogP contribution >= 0.6 is 11.6 Å². The Kier molecular flexibility index (Phi) is 5.86. The number of oxazole rings is 1. The van der Waals surface area contributed by atoms with E-state index < -0.39 is 21.5 Å². The average Bonchev–Trinajstić information content (AvgIpc) is 2.97. The molecule has 1 N–H and O–H groups in total. The van der Waals surface area contributed by atoms with Crippen LogP contribution in [0.15, 0.2) is 52.9 Å². The summed E-state index contributed by atoms with van der Waals surface area (Å²) in [5.41, 5.74) is 2.64. The van der Waals surface area contributed by atoms with E-state index >= 15 is 0 Å². The van der Waals surface area contributed by atoms with Crippen molar-refractivity contribution in [2.75, 3.05) is 11.1 Å². The molecule has 2 aromatic carbocycles. The summed E-state index contributed by atoms with van der Waals surface area (Å²) >= 11 is 5.79. The van der Waals surface area contributed by atoms with Crippen LogP contribution in [0.4, 0.5) is 5.69 Å². The lowest BCUT2D eigenvalue weighted by molar-refractivity contribution is -0.113. The smallest absolute Gasteiger partial charge is 0.239 e. The van der Waals surface area contributed by atoms with Crippen molar-refractivity contribution < 1.29 is 17.6 Å². The number of aromatic nitrogens is 1. The van der Waals surface area contributed by atoms with Crippen LogP contribution in [0.2, 0.25) is 5.02 Å². The maximum absolute atomic E-state index is 12.4. The number of benzene rings is 2. The van der Waals surface area contributed by atoms with Crippen molar-refractivity contribution in [2.45, 2.75) is 19.6 Å². The summed E-state index contributed by atoms with van der Waals surface area (Å²) in [5, 5.41) is 3.07. The highest BCUT2D eigenvalue weighted by Crippen LogP contribution is 2.23. The van der Waals surface area contributed by atoms with E-state index in [2.05, 4.69) is 10.3 Å². The highest BCUT2D eigenvalue weighted by Gasteiger charge is 2.22. The average molecular weight is 419 g/mol. The molecule has 0 spiro atoms. The van der Waals surface area contributed by atoms with E-state index in [0.717, 1.165) is 11.1 Å². The fourth-order valence-electron chi connectivity index (χ4n) is 2.57. The van der Waals surface area contributed by atoms with Crippen molar-refractivity contribution >= 4 is 33.0 Å². The van der Waals surface area contributed by atoms with Gasteiger partial charge in [0, 0.05) is 16.3 Å². The predicted molar refractivity (Wildman–Crippen MR) is 109 cm³/mol. The minimum atomic E-state index is -3.72. The molecule has 28 heavy (non-hydrogen) atoms. The molecular formula is C20H19ClN2O4S. The fraction of sp³-hybridized carbons (Fsp3) is 0.200. The molecule has 0 aliphatic carbocycles. The number of nitrogens with zero attached hydrogens (tertiary/aromatic N) is 1. The normalized spacial score (nSPS) is 11.4. The van der Waals surface area contributed by atoms with E-state index in [9.17, 15) is 13.2 Å². The summed E-state index contributed by atoms with van der Waals surface area (Å²) in [4.78, 5) is 16.4. The van der Waals surface area contributed by atoms with Gasteiger partial charge in [0.05, 0.1) is 11.4 Å². The predicted octanol–water partition coefficient (Wildman–Crippen LogP) is 4.17. The summed E-state index contributed by atoms with van der Waals surface area (Å²) < 4.78 is 30.5. The molecule has 0 radical (unpaired) electrons. The van der Waals surface area contributed by atoms with Crippen LogP contribution in [-0.4, -0.2) is 25.1 Å². The molecule has 0 fully saturated rings. The van der Waals surface area contributed by atoms with Gasteiger partial charge in [-0.3, -0.25) is 4.79 Å². The van der Waals surface area contributed by atoms with Gasteiger partial charge < -0.3 is 9.73 Å². The van der Waals surface area contributed by atoms with Crippen LogP contribution in [0.1, 0.15) is 17.0 Å².